The van der Waals surface area contributed by atoms with Crippen molar-refractivity contribution in [2.45, 2.75) is 19.4 Å². The molecule has 0 fully saturated rings. The molecule has 5 heteroatoms. The van der Waals surface area contributed by atoms with Gasteiger partial charge in [0.2, 0.25) is 0 Å². The molecule has 5 nitrogen and oxygen atoms in total. The molecule has 0 aliphatic heterocycles. The number of carboxylic acids is 1. The number of carbonyl (C=O) groups is 2. The number of hydrogen-bond donors (Lipinski definition) is 3. The fourth-order valence-corrected chi connectivity index (χ4v) is 3.38. The molecule has 3 N–H and O–H groups in total. The van der Waals surface area contributed by atoms with Gasteiger partial charge in [-0.3, -0.25) is 4.79 Å². The minimum absolute atomic E-state index is 0.0201. The molecule has 24 heavy (non-hydrogen) atoms. The van der Waals surface area contributed by atoms with Gasteiger partial charge in [-0.05, 0) is 42.2 Å². The van der Waals surface area contributed by atoms with Gasteiger partial charge in [0.05, 0.1) is 11.6 Å². The van der Waals surface area contributed by atoms with Crippen molar-refractivity contribution >= 4 is 11.9 Å². The van der Waals surface area contributed by atoms with Crippen LogP contribution in [0.1, 0.15) is 43.4 Å². The van der Waals surface area contributed by atoms with E-state index >= 15 is 0 Å². The van der Waals surface area contributed by atoms with E-state index < -0.39 is 5.97 Å². The molecular weight excluding hydrogens is 306 g/mol. The third kappa shape index (κ3) is 2.78. The fourth-order valence-electron chi connectivity index (χ4n) is 3.38. The molecule has 1 aliphatic carbocycles. The fraction of sp³-hybridized carbons (Fsp3) is 0.263. The maximum atomic E-state index is 12.7. The Morgan fingerprint density at radius 3 is 2.54 bits per heavy atom. The van der Waals surface area contributed by atoms with Gasteiger partial charge in [-0.15, -0.1) is 0 Å². The van der Waals surface area contributed by atoms with Crippen molar-refractivity contribution in [1.82, 2.24) is 5.32 Å². The lowest BCUT2D eigenvalue weighted by Gasteiger charge is -2.21. The summed E-state index contributed by atoms with van der Waals surface area (Å²) in [5.74, 6) is -1.45. The molecule has 2 aromatic rings. The van der Waals surface area contributed by atoms with Crippen LogP contribution in [-0.2, 0) is 6.42 Å². The Balaban J connectivity index is 1.90. The molecule has 0 radical (unpaired) electrons. The van der Waals surface area contributed by atoms with E-state index in [-0.39, 0.29) is 30.0 Å². The SMILES string of the molecule is Cc1c(C(=O)O)cccc1C(=O)N[C@H]1c2ccccc2C[C@H]1CO. The van der Waals surface area contributed by atoms with Crippen LogP contribution in [0, 0.1) is 12.8 Å². The Morgan fingerprint density at radius 2 is 1.83 bits per heavy atom. The Labute approximate surface area is 139 Å². The zero-order valence-electron chi connectivity index (χ0n) is 13.3. The smallest absolute Gasteiger partial charge is 0.335 e. The van der Waals surface area contributed by atoms with Crippen LogP contribution in [0.4, 0.5) is 0 Å². The van der Waals surface area contributed by atoms with E-state index in [0.717, 1.165) is 11.1 Å². The standard InChI is InChI=1S/C19H19NO4/c1-11-14(7-4-8-15(11)19(23)24)18(22)20-17-13(10-21)9-12-5-2-3-6-16(12)17/h2-8,13,17,21H,9-10H2,1H3,(H,20,22)(H,23,24)/t13-,17+/m0/s1. The highest BCUT2D eigenvalue weighted by Gasteiger charge is 2.33. The summed E-state index contributed by atoms with van der Waals surface area (Å²) >= 11 is 0. The Hall–Kier alpha value is -2.66. The molecule has 2 atom stereocenters. The largest absolute Gasteiger partial charge is 0.478 e. The van der Waals surface area contributed by atoms with E-state index in [1.165, 1.54) is 6.07 Å². The first-order chi connectivity index (χ1) is 11.5. The normalized spacial score (nSPS) is 18.9. The molecule has 0 aromatic heterocycles. The van der Waals surface area contributed by atoms with E-state index in [0.29, 0.717) is 17.5 Å². The van der Waals surface area contributed by atoms with Gasteiger partial charge < -0.3 is 15.5 Å². The quantitative estimate of drug-likeness (QED) is 0.805. The van der Waals surface area contributed by atoms with E-state index in [1.807, 2.05) is 24.3 Å². The van der Waals surface area contributed by atoms with Gasteiger partial charge in [-0.25, -0.2) is 4.79 Å². The summed E-state index contributed by atoms with van der Waals surface area (Å²) in [6.45, 7) is 1.61. The van der Waals surface area contributed by atoms with E-state index in [1.54, 1.807) is 19.1 Å². The minimum Gasteiger partial charge on any atom is -0.478 e. The topological polar surface area (TPSA) is 86.6 Å². The number of nitrogens with one attached hydrogen (secondary N) is 1. The maximum absolute atomic E-state index is 12.7. The van der Waals surface area contributed by atoms with Crippen LogP contribution >= 0.6 is 0 Å². The second-order valence-corrected chi connectivity index (χ2v) is 6.08. The molecule has 1 aliphatic rings. The summed E-state index contributed by atoms with van der Waals surface area (Å²) in [7, 11) is 0. The average molecular weight is 325 g/mol. The number of aliphatic hydroxyl groups excluding tert-OH is 1. The lowest BCUT2D eigenvalue weighted by Crippen LogP contribution is -2.33. The molecule has 0 unspecified atom stereocenters. The summed E-state index contributed by atoms with van der Waals surface area (Å²) in [4.78, 5) is 23.9. The highest BCUT2D eigenvalue weighted by Crippen LogP contribution is 2.36. The zero-order chi connectivity index (χ0) is 17.3. The summed E-state index contributed by atoms with van der Waals surface area (Å²) in [5.41, 5.74) is 3.04. The van der Waals surface area contributed by atoms with Gasteiger partial charge in [0.1, 0.15) is 0 Å². The third-order valence-electron chi connectivity index (χ3n) is 4.67. The van der Waals surface area contributed by atoms with Crippen molar-refractivity contribution in [3.05, 3.63) is 70.3 Å². The van der Waals surface area contributed by atoms with E-state index in [2.05, 4.69) is 5.32 Å². The van der Waals surface area contributed by atoms with Crippen LogP contribution in [0.2, 0.25) is 0 Å². The molecule has 3 rings (SSSR count). The number of carbonyl (C=O) groups excluding carboxylic acids is 1. The number of hydrogen-bond acceptors (Lipinski definition) is 3. The third-order valence-corrected chi connectivity index (χ3v) is 4.67. The van der Waals surface area contributed by atoms with Crippen LogP contribution < -0.4 is 5.32 Å². The first-order valence-corrected chi connectivity index (χ1v) is 7.85. The van der Waals surface area contributed by atoms with E-state index in [4.69, 9.17) is 0 Å². The number of amides is 1. The van der Waals surface area contributed by atoms with Crippen LogP contribution in [0.3, 0.4) is 0 Å². The molecule has 0 bridgehead atoms. The van der Waals surface area contributed by atoms with Gasteiger partial charge in [0.25, 0.3) is 5.91 Å². The van der Waals surface area contributed by atoms with Crippen LogP contribution in [0.5, 0.6) is 0 Å². The molecule has 2 aromatic carbocycles. The summed E-state index contributed by atoms with van der Waals surface area (Å²) < 4.78 is 0. The van der Waals surface area contributed by atoms with Crippen molar-refractivity contribution in [2.24, 2.45) is 5.92 Å². The van der Waals surface area contributed by atoms with Crippen molar-refractivity contribution < 1.29 is 19.8 Å². The van der Waals surface area contributed by atoms with E-state index in [9.17, 15) is 19.8 Å². The minimum atomic E-state index is -1.05. The number of fused-ring (bicyclic) bond motifs is 1. The highest BCUT2D eigenvalue weighted by atomic mass is 16.4. The highest BCUT2D eigenvalue weighted by molar-refractivity contribution is 6.00. The number of aromatic carboxylic acids is 1. The van der Waals surface area contributed by atoms with Crippen molar-refractivity contribution in [3.63, 3.8) is 0 Å². The zero-order valence-corrected chi connectivity index (χ0v) is 13.3. The van der Waals surface area contributed by atoms with Crippen LogP contribution in [-0.4, -0.2) is 28.7 Å². The van der Waals surface area contributed by atoms with Crippen molar-refractivity contribution in [3.8, 4) is 0 Å². The molecule has 1 amide bonds. The van der Waals surface area contributed by atoms with Crippen LogP contribution in [0.25, 0.3) is 0 Å². The first kappa shape index (κ1) is 16.2. The summed E-state index contributed by atoms with van der Waals surface area (Å²) in [6, 6.07) is 12.2. The molecule has 0 heterocycles. The first-order valence-electron chi connectivity index (χ1n) is 7.85. The van der Waals surface area contributed by atoms with Crippen LogP contribution in [0.15, 0.2) is 42.5 Å². The number of carboxylic acid groups (broad SMARTS) is 1. The molecule has 0 saturated heterocycles. The van der Waals surface area contributed by atoms with Gasteiger partial charge in [-0.1, -0.05) is 30.3 Å². The number of rotatable bonds is 4. The monoisotopic (exact) mass is 325 g/mol. The van der Waals surface area contributed by atoms with Crippen molar-refractivity contribution in [2.75, 3.05) is 6.61 Å². The maximum Gasteiger partial charge on any atom is 0.335 e. The van der Waals surface area contributed by atoms with Gasteiger partial charge in [-0.2, -0.15) is 0 Å². The molecule has 124 valence electrons. The second kappa shape index (κ2) is 6.45. The van der Waals surface area contributed by atoms with Crippen molar-refractivity contribution in [1.29, 1.82) is 0 Å². The number of benzene rings is 2. The Bertz CT molecular complexity index is 800. The Morgan fingerprint density at radius 1 is 1.12 bits per heavy atom. The predicted octanol–water partition coefficient (Wildman–Crippen LogP) is 2.33. The van der Waals surface area contributed by atoms with Gasteiger partial charge in [0.15, 0.2) is 0 Å². The second-order valence-electron chi connectivity index (χ2n) is 6.08. The Kier molecular flexibility index (Phi) is 4.36. The lowest BCUT2D eigenvalue weighted by molar-refractivity contribution is 0.0696. The molecule has 0 saturated carbocycles. The van der Waals surface area contributed by atoms with Gasteiger partial charge in [0, 0.05) is 18.1 Å². The average Bonchev–Trinajstić information content (AvgIpc) is 2.92. The summed E-state index contributed by atoms with van der Waals surface area (Å²) in [6.07, 6.45) is 0.714. The number of aliphatic hydroxyl groups is 1. The molecule has 0 spiro atoms. The predicted molar refractivity (Wildman–Crippen MR) is 89.1 cm³/mol. The molecular formula is C19H19NO4. The lowest BCUT2D eigenvalue weighted by atomic mass is 9.98. The van der Waals surface area contributed by atoms with Gasteiger partial charge >= 0.3 is 5.97 Å². The summed E-state index contributed by atoms with van der Waals surface area (Å²) in [5, 5.41) is 21.8.